The number of amides is 1. The molecule has 0 saturated heterocycles. The predicted octanol–water partition coefficient (Wildman–Crippen LogP) is 5.86. The van der Waals surface area contributed by atoms with Gasteiger partial charge in [-0.25, -0.2) is 4.98 Å². The molecule has 0 aliphatic carbocycles. The van der Waals surface area contributed by atoms with E-state index in [0.717, 1.165) is 28.1 Å². The Morgan fingerprint density at radius 3 is 2.52 bits per heavy atom. The summed E-state index contributed by atoms with van der Waals surface area (Å²) in [7, 11) is 0. The number of carbonyl (C=O) groups excluding carboxylic acids is 1. The van der Waals surface area contributed by atoms with E-state index in [-0.39, 0.29) is 23.1 Å². The molecule has 1 heterocycles. The molecule has 6 heteroatoms. The third-order valence-corrected chi connectivity index (χ3v) is 6.47. The van der Waals surface area contributed by atoms with Gasteiger partial charge in [0.15, 0.2) is 5.16 Å². The number of aryl methyl sites for hydroxylation is 2. The second-order valence-corrected chi connectivity index (χ2v) is 9.36. The maximum absolute atomic E-state index is 13.5. The number of fused-ring (bicyclic) bond motifs is 1. The minimum Gasteiger partial charge on any atom is -0.325 e. The number of benzene rings is 3. The van der Waals surface area contributed by atoms with Gasteiger partial charge in [0.2, 0.25) is 5.91 Å². The topological polar surface area (TPSA) is 64.0 Å². The minimum absolute atomic E-state index is 0.133. The van der Waals surface area contributed by atoms with E-state index in [2.05, 4.69) is 19.2 Å². The second-order valence-electron chi connectivity index (χ2n) is 8.42. The number of hydrogen-bond donors (Lipinski definition) is 1. The molecule has 0 spiro atoms. The van der Waals surface area contributed by atoms with Gasteiger partial charge in [0, 0.05) is 5.69 Å². The number of hydrogen-bond acceptors (Lipinski definition) is 4. The van der Waals surface area contributed by atoms with Crippen molar-refractivity contribution in [3.63, 3.8) is 0 Å². The first-order valence-electron chi connectivity index (χ1n) is 11.0. The van der Waals surface area contributed by atoms with Gasteiger partial charge in [-0.15, -0.1) is 0 Å². The van der Waals surface area contributed by atoms with Gasteiger partial charge >= 0.3 is 0 Å². The molecule has 5 nitrogen and oxygen atoms in total. The zero-order valence-corrected chi connectivity index (χ0v) is 20.1. The highest BCUT2D eigenvalue weighted by Crippen LogP contribution is 2.27. The summed E-state index contributed by atoms with van der Waals surface area (Å²) in [6.45, 7) is 8.19. The molecule has 0 saturated carbocycles. The molecule has 1 aromatic heterocycles. The molecule has 0 aliphatic heterocycles. The number of aromatic nitrogens is 2. The fourth-order valence-corrected chi connectivity index (χ4v) is 4.68. The van der Waals surface area contributed by atoms with Crippen molar-refractivity contribution in [1.82, 2.24) is 9.55 Å². The van der Waals surface area contributed by atoms with Crippen LogP contribution in [0.15, 0.2) is 76.7 Å². The van der Waals surface area contributed by atoms with Crippen molar-refractivity contribution in [2.75, 3.05) is 11.1 Å². The molecule has 0 atom stereocenters. The Bertz CT molecular complexity index is 1390. The van der Waals surface area contributed by atoms with Crippen LogP contribution < -0.4 is 10.9 Å². The van der Waals surface area contributed by atoms with Crippen LogP contribution >= 0.6 is 11.8 Å². The Morgan fingerprint density at radius 1 is 1.03 bits per heavy atom. The lowest BCUT2D eigenvalue weighted by molar-refractivity contribution is -0.113. The van der Waals surface area contributed by atoms with Crippen molar-refractivity contribution in [3.05, 3.63) is 93.8 Å². The zero-order chi connectivity index (χ0) is 23.5. The highest BCUT2D eigenvalue weighted by molar-refractivity contribution is 7.99. The van der Waals surface area contributed by atoms with Gasteiger partial charge in [0.05, 0.1) is 22.3 Å². The zero-order valence-electron chi connectivity index (χ0n) is 19.3. The van der Waals surface area contributed by atoms with E-state index in [1.165, 1.54) is 11.8 Å². The summed E-state index contributed by atoms with van der Waals surface area (Å²) in [5.41, 5.74) is 5.29. The molecule has 0 bridgehead atoms. The lowest BCUT2D eigenvalue weighted by Crippen LogP contribution is -2.24. The van der Waals surface area contributed by atoms with Crippen LogP contribution in [0.4, 0.5) is 5.69 Å². The van der Waals surface area contributed by atoms with E-state index in [1.54, 1.807) is 10.6 Å². The second kappa shape index (κ2) is 9.63. The summed E-state index contributed by atoms with van der Waals surface area (Å²) in [5.74, 6) is 0.227. The van der Waals surface area contributed by atoms with E-state index in [9.17, 15) is 9.59 Å². The highest BCUT2D eigenvalue weighted by atomic mass is 32.2. The molecular formula is C27H27N3O2S. The fraction of sp³-hybridized carbons (Fsp3) is 0.222. The Balaban J connectivity index is 1.72. The van der Waals surface area contributed by atoms with Gasteiger partial charge in [0.1, 0.15) is 0 Å². The Morgan fingerprint density at radius 2 is 1.76 bits per heavy atom. The van der Waals surface area contributed by atoms with Gasteiger partial charge in [-0.05, 0) is 55.2 Å². The van der Waals surface area contributed by atoms with Crippen LogP contribution in [0, 0.1) is 13.8 Å². The van der Waals surface area contributed by atoms with Gasteiger partial charge in [0.25, 0.3) is 5.56 Å². The Kier molecular flexibility index (Phi) is 6.65. The van der Waals surface area contributed by atoms with E-state index in [4.69, 9.17) is 4.98 Å². The van der Waals surface area contributed by atoms with E-state index >= 15 is 0 Å². The van der Waals surface area contributed by atoms with Gasteiger partial charge in [-0.2, -0.15) is 0 Å². The van der Waals surface area contributed by atoms with Crippen LogP contribution in [0.5, 0.6) is 0 Å². The molecule has 0 fully saturated rings. The molecule has 4 rings (SSSR count). The smallest absolute Gasteiger partial charge is 0.266 e. The number of thioether (sulfide) groups is 1. The maximum Gasteiger partial charge on any atom is 0.266 e. The first-order chi connectivity index (χ1) is 15.8. The predicted molar refractivity (Wildman–Crippen MR) is 137 cm³/mol. The number of rotatable bonds is 6. The standard InChI is InChI=1S/C27H27N3O2S/c1-17(2)20-9-6-8-12-24(20)30-26(32)21-10-5-7-11-23(21)29-27(30)33-16-25(31)28-22-14-13-18(3)15-19(22)4/h5-15,17H,16H2,1-4H3,(H,28,31). The summed E-state index contributed by atoms with van der Waals surface area (Å²) in [5, 5.41) is 4.03. The van der Waals surface area contributed by atoms with Crippen LogP contribution in [-0.4, -0.2) is 21.2 Å². The summed E-state index contributed by atoms with van der Waals surface area (Å²) in [6.07, 6.45) is 0. The van der Waals surface area contributed by atoms with Crippen molar-refractivity contribution in [1.29, 1.82) is 0 Å². The largest absolute Gasteiger partial charge is 0.325 e. The molecule has 1 amide bonds. The van der Waals surface area contributed by atoms with Crippen LogP contribution in [0.3, 0.4) is 0 Å². The first kappa shape index (κ1) is 22.8. The molecule has 0 radical (unpaired) electrons. The number of para-hydroxylation sites is 2. The molecule has 168 valence electrons. The fourth-order valence-electron chi connectivity index (χ4n) is 3.87. The Labute approximate surface area is 197 Å². The normalized spacial score (nSPS) is 11.2. The molecule has 4 aromatic rings. The number of carbonyl (C=O) groups is 1. The van der Waals surface area contributed by atoms with Gasteiger partial charge < -0.3 is 5.32 Å². The lowest BCUT2D eigenvalue weighted by atomic mass is 10.0. The third-order valence-electron chi connectivity index (χ3n) is 5.53. The molecule has 33 heavy (non-hydrogen) atoms. The molecular weight excluding hydrogens is 430 g/mol. The number of nitrogens with one attached hydrogen (secondary N) is 1. The Hall–Kier alpha value is -3.38. The summed E-state index contributed by atoms with van der Waals surface area (Å²) in [6, 6.07) is 21.1. The van der Waals surface area contributed by atoms with Crippen LogP contribution in [0.25, 0.3) is 16.6 Å². The average molecular weight is 458 g/mol. The summed E-state index contributed by atoms with van der Waals surface area (Å²) >= 11 is 1.27. The average Bonchev–Trinajstić information content (AvgIpc) is 2.79. The molecule has 1 N–H and O–H groups in total. The van der Waals surface area contributed by atoms with E-state index in [1.807, 2.05) is 74.5 Å². The maximum atomic E-state index is 13.5. The first-order valence-corrected chi connectivity index (χ1v) is 11.9. The summed E-state index contributed by atoms with van der Waals surface area (Å²) < 4.78 is 1.65. The van der Waals surface area contributed by atoms with Crippen LogP contribution in [0.1, 0.15) is 36.5 Å². The van der Waals surface area contributed by atoms with Crippen molar-refractivity contribution in [3.8, 4) is 5.69 Å². The minimum atomic E-state index is -0.141. The van der Waals surface area contributed by atoms with Crippen molar-refractivity contribution in [2.24, 2.45) is 0 Å². The quantitative estimate of drug-likeness (QED) is 0.291. The molecule has 0 aliphatic rings. The SMILES string of the molecule is Cc1ccc(NC(=O)CSc2nc3ccccc3c(=O)n2-c2ccccc2C(C)C)c(C)c1. The summed E-state index contributed by atoms with van der Waals surface area (Å²) in [4.78, 5) is 31.1. The van der Waals surface area contributed by atoms with Crippen molar-refractivity contribution in [2.45, 2.75) is 38.8 Å². The highest BCUT2D eigenvalue weighted by Gasteiger charge is 2.18. The lowest BCUT2D eigenvalue weighted by Gasteiger charge is -2.18. The van der Waals surface area contributed by atoms with Crippen molar-refractivity contribution < 1.29 is 4.79 Å². The number of nitrogens with zero attached hydrogens (tertiary/aromatic N) is 2. The van der Waals surface area contributed by atoms with Crippen LogP contribution in [-0.2, 0) is 4.79 Å². The number of anilines is 1. The van der Waals surface area contributed by atoms with E-state index < -0.39 is 0 Å². The monoisotopic (exact) mass is 457 g/mol. The molecule has 0 unspecified atom stereocenters. The van der Waals surface area contributed by atoms with Crippen molar-refractivity contribution >= 4 is 34.3 Å². The van der Waals surface area contributed by atoms with Gasteiger partial charge in [-0.3, -0.25) is 14.2 Å². The van der Waals surface area contributed by atoms with E-state index in [0.29, 0.717) is 16.1 Å². The third kappa shape index (κ3) is 4.86. The molecule has 3 aromatic carbocycles. The van der Waals surface area contributed by atoms with Gasteiger partial charge in [-0.1, -0.05) is 73.6 Å². The van der Waals surface area contributed by atoms with Crippen LogP contribution in [0.2, 0.25) is 0 Å².